The van der Waals surface area contributed by atoms with Gasteiger partial charge in [0.25, 0.3) is 5.91 Å². The molecule has 0 spiro atoms. The van der Waals surface area contributed by atoms with Gasteiger partial charge < -0.3 is 19.4 Å². The van der Waals surface area contributed by atoms with Gasteiger partial charge in [-0.1, -0.05) is 12.1 Å². The minimum Gasteiger partial charge on any atom is -0.484 e. The lowest BCUT2D eigenvalue weighted by Crippen LogP contribution is -2.42. The van der Waals surface area contributed by atoms with Gasteiger partial charge in [-0.25, -0.2) is 9.37 Å². The van der Waals surface area contributed by atoms with Gasteiger partial charge in [-0.15, -0.1) is 0 Å². The molecule has 2 heterocycles. The number of halogens is 1. The van der Waals surface area contributed by atoms with E-state index in [1.54, 1.807) is 11.0 Å². The Morgan fingerprint density at radius 2 is 1.97 bits per heavy atom. The van der Waals surface area contributed by atoms with Gasteiger partial charge in [0.05, 0.1) is 30.8 Å². The summed E-state index contributed by atoms with van der Waals surface area (Å²) in [6, 6.07) is 12.3. The van der Waals surface area contributed by atoms with Crippen LogP contribution in [0.1, 0.15) is 11.4 Å². The van der Waals surface area contributed by atoms with Crippen LogP contribution >= 0.6 is 0 Å². The van der Waals surface area contributed by atoms with Crippen LogP contribution < -0.4 is 4.74 Å². The molecule has 1 aliphatic rings. The highest BCUT2D eigenvalue weighted by molar-refractivity contribution is 5.77. The predicted molar refractivity (Wildman–Crippen MR) is 111 cm³/mol. The number of morpholine rings is 1. The second-order valence-corrected chi connectivity index (χ2v) is 7.44. The van der Waals surface area contributed by atoms with Crippen LogP contribution in [0.15, 0.2) is 42.5 Å². The number of hydrogen-bond acceptors (Lipinski definition) is 5. The zero-order valence-electron chi connectivity index (χ0n) is 16.9. The normalized spacial score (nSPS) is 14.4. The van der Waals surface area contributed by atoms with Gasteiger partial charge in [0.15, 0.2) is 6.61 Å². The van der Waals surface area contributed by atoms with Crippen LogP contribution in [0.5, 0.6) is 5.75 Å². The van der Waals surface area contributed by atoms with Crippen molar-refractivity contribution in [3.05, 3.63) is 59.7 Å². The number of nitrogens with one attached hydrogen (secondary N) is 1. The third-order valence-electron chi connectivity index (χ3n) is 5.01. The highest BCUT2D eigenvalue weighted by atomic mass is 19.1. The summed E-state index contributed by atoms with van der Waals surface area (Å²) in [5.74, 6) is 1.16. The number of H-pyrrole nitrogens is 1. The molecular formula is C22H25FN4O3. The fraction of sp³-hybridized carbons (Fsp3) is 0.364. The minimum absolute atomic E-state index is 0.0205. The van der Waals surface area contributed by atoms with E-state index in [1.165, 1.54) is 12.1 Å². The topological polar surface area (TPSA) is 70.7 Å². The molecule has 2 aromatic carbocycles. The molecule has 0 radical (unpaired) electrons. The van der Waals surface area contributed by atoms with E-state index in [2.05, 4.69) is 14.9 Å². The van der Waals surface area contributed by atoms with Gasteiger partial charge in [-0.2, -0.15) is 0 Å². The molecule has 7 nitrogen and oxygen atoms in total. The van der Waals surface area contributed by atoms with Crippen LogP contribution in [0.3, 0.4) is 0 Å². The lowest BCUT2D eigenvalue weighted by atomic mass is 10.2. The van der Waals surface area contributed by atoms with Gasteiger partial charge in [-0.05, 0) is 42.9 Å². The van der Waals surface area contributed by atoms with Gasteiger partial charge in [0.1, 0.15) is 17.4 Å². The average Bonchev–Trinajstić information content (AvgIpc) is 3.14. The van der Waals surface area contributed by atoms with E-state index in [4.69, 9.17) is 9.47 Å². The molecule has 0 bridgehead atoms. The number of ether oxygens (including phenoxy) is 2. The number of amides is 1. The van der Waals surface area contributed by atoms with Gasteiger partial charge >= 0.3 is 0 Å². The van der Waals surface area contributed by atoms with Crippen molar-refractivity contribution >= 4 is 16.9 Å². The Morgan fingerprint density at radius 3 is 2.73 bits per heavy atom. The van der Waals surface area contributed by atoms with E-state index in [0.29, 0.717) is 44.1 Å². The molecule has 1 N–H and O–H groups in total. The summed E-state index contributed by atoms with van der Waals surface area (Å²) in [6.07, 6.45) is 0. The van der Waals surface area contributed by atoms with Crippen molar-refractivity contribution in [2.24, 2.45) is 0 Å². The average molecular weight is 412 g/mol. The van der Waals surface area contributed by atoms with Crippen molar-refractivity contribution in [1.82, 2.24) is 19.8 Å². The van der Waals surface area contributed by atoms with Crippen molar-refractivity contribution in [2.45, 2.75) is 13.1 Å². The largest absolute Gasteiger partial charge is 0.484 e. The molecular weight excluding hydrogens is 387 g/mol. The number of aromatic nitrogens is 2. The Kier molecular flexibility index (Phi) is 6.25. The Morgan fingerprint density at radius 1 is 1.20 bits per heavy atom. The Labute approximate surface area is 174 Å². The summed E-state index contributed by atoms with van der Waals surface area (Å²) in [5, 5.41) is 0. The SMILES string of the molecule is CN(Cc1ccc(OCC(=O)N2CCOCC2)cc1)Cc1nc2ccc(F)cc2[nH]1. The monoisotopic (exact) mass is 412 g/mol. The number of aromatic amines is 1. The zero-order chi connectivity index (χ0) is 20.9. The molecule has 1 amide bonds. The van der Waals surface area contributed by atoms with Crippen LogP contribution in [0.25, 0.3) is 11.0 Å². The summed E-state index contributed by atoms with van der Waals surface area (Å²) in [6.45, 7) is 3.77. The Hall–Kier alpha value is -2.97. The van der Waals surface area contributed by atoms with Crippen LogP contribution in [0.4, 0.5) is 4.39 Å². The van der Waals surface area contributed by atoms with Crippen molar-refractivity contribution in [3.63, 3.8) is 0 Å². The van der Waals surface area contributed by atoms with Crippen molar-refractivity contribution < 1.29 is 18.7 Å². The van der Waals surface area contributed by atoms with E-state index >= 15 is 0 Å². The first-order valence-electron chi connectivity index (χ1n) is 9.97. The first-order valence-corrected chi connectivity index (χ1v) is 9.97. The fourth-order valence-electron chi connectivity index (χ4n) is 3.47. The highest BCUT2D eigenvalue weighted by Crippen LogP contribution is 2.16. The van der Waals surface area contributed by atoms with Crippen LogP contribution in [-0.2, 0) is 22.6 Å². The summed E-state index contributed by atoms with van der Waals surface area (Å²) in [5.41, 5.74) is 2.57. The Bertz CT molecular complexity index is 999. The number of fused-ring (bicyclic) bond motifs is 1. The molecule has 1 aromatic heterocycles. The molecule has 0 atom stereocenters. The summed E-state index contributed by atoms with van der Waals surface area (Å²) in [4.78, 5) is 23.7. The maximum Gasteiger partial charge on any atom is 0.260 e. The molecule has 0 saturated carbocycles. The maximum atomic E-state index is 13.3. The van der Waals surface area contributed by atoms with Gasteiger partial charge in [0, 0.05) is 19.6 Å². The minimum atomic E-state index is -0.278. The number of hydrogen-bond donors (Lipinski definition) is 1. The fourth-order valence-corrected chi connectivity index (χ4v) is 3.47. The van der Waals surface area contributed by atoms with Crippen LogP contribution in [0, 0.1) is 5.82 Å². The molecule has 0 aliphatic carbocycles. The summed E-state index contributed by atoms with van der Waals surface area (Å²) < 4.78 is 24.2. The molecule has 1 fully saturated rings. The van der Waals surface area contributed by atoms with E-state index in [0.717, 1.165) is 23.4 Å². The Balaban J connectivity index is 1.27. The summed E-state index contributed by atoms with van der Waals surface area (Å²) >= 11 is 0. The number of imidazole rings is 1. The van der Waals surface area contributed by atoms with E-state index in [-0.39, 0.29) is 18.3 Å². The number of carbonyl (C=O) groups excluding carboxylic acids is 1. The molecule has 8 heteroatoms. The second kappa shape index (κ2) is 9.23. The van der Waals surface area contributed by atoms with Gasteiger partial charge in [-0.3, -0.25) is 9.69 Å². The molecule has 3 aromatic rings. The zero-order valence-corrected chi connectivity index (χ0v) is 16.9. The van der Waals surface area contributed by atoms with E-state index in [9.17, 15) is 9.18 Å². The van der Waals surface area contributed by atoms with E-state index in [1.807, 2.05) is 31.3 Å². The molecule has 4 rings (SSSR count). The molecule has 1 aliphatic heterocycles. The quantitative estimate of drug-likeness (QED) is 0.646. The number of carbonyl (C=O) groups is 1. The first kappa shape index (κ1) is 20.3. The first-order chi connectivity index (χ1) is 14.6. The predicted octanol–water partition coefficient (Wildman–Crippen LogP) is 2.57. The van der Waals surface area contributed by atoms with Gasteiger partial charge in [0.2, 0.25) is 0 Å². The third kappa shape index (κ3) is 5.14. The maximum absolute atomic E-state index is 13.3. The highest BCUT2D eigenvalue weighted by Gasteiger charge is 2.17. The van der Waals surface area contributed by atoms with Crippen molar-refractivity contribution in [3.8, 4) is 5.75 Å². The number of benzene rings is 2. The van der Waals surface area contributed by atoms with Crippen LogP contribution in [-0.4, -0.2) is 65.6 Å². The molecule has 30 heavy (non-hydrogen) atoms. The lowest BCUT2D eigenvalue weighted by molar-refractivity contribution is -0.137. The summed E-state index contributed by atoms with van der Waals surface area (Å²) in [7, 11) is 2.00. The molecule has 1 saturated heterocycles. The van der Waals surface area contributed by atoms with Crippen molar-refractivity contribution in [2.75, 3.05) is 40.0 Å². The third-order valence-corrected chi connectivity index (χ3v) is 5.01. The lowest BCUT2D eigenvalue weighted by Gasteiger charge is -2.26. The number of rotatable bonds is 7. The molecule has 0 unspecified atom stereocenters. The smallest absolute Gasteiger partial charge is 0.260 e. The number of nitrogens with zero attached hydrogens (tertiary/aromatic N) is 3. The van der Waals surface area contributed by atoms with Crippen LogP contribution in [0.2, 0.25) is 0 Å². The molecule has 158 valence electrons. The second-order valence-electron chi connectivity index (χ2n) is 7.44. The standard InChI is InChI=1S/C22H25FN4O3/c1-26(14-21-24-19-7-4-17(23)12-20(19)25-21)13-16-2-5-18(6-3-16)30-15-22(28)27-8-10-29-11-9-27/h2-7,12H,8-11,13-15H2,1H3,(H,24,25). The van der Waals surface area contributed by atoms with Crippen molar-refractivity contribution in [1.29, 1.82) is 0 Å². The van der Waals surface area contributed by atoms with E-state index < -0.39 is 0 Å².